The third kappa shape index (κ3) is 3.43. The lowest BCUT2D eigenvalue weighted by molar-refractivity contribution is 0.321. The molecule has 0 bridgehead atoms. The van der Waals surface area contributed by atoms with Crippen molar-refractivity contribution in [2.24, 2.45) is 0 Å². The Morgan fingerprint density at radius 3 is 2.74 bits per heavy atom. The fourth-order valence-electron chi connectivity index (χ4n) is 1.60. The van der Waals surface area contributed by atoms with E-state index in [9.17, 15) is 4.21 Å². The molecule has 2 atom stereocenters. The summed E-state index contributed by atoms with van der Waals surface area (Å²) in [5.41, 5.74) is 0.864. The first-order valence-electron chi connectivity index (χ1n) is 5.81. The molecule has 4 nitrogen and oxygen atoms in total. The molecular formula is C13H14ClNO3S. The van der Waals surface area contributed by atoms with E-state index >= 15 is 0 Å². The Morgan fingerprint density at radius 2 is 2.11 bits per heavy atom. The zero-order valence-electron chi connectivity index (χ0n) is 10.4. The quantitative estimate of drug-likeness (QED) is 0.922. The van der Waals surface area contributed by atoms with Gasteiger partial charge in [0.05, 0.1) is 12.8 Å². The highest BCUT2D eigenvalue weighted by Crippen LogP contribution is 2.26. The van der Waals surface area contributed by atoms with E-state index in [0.29, 0.717) is 16.7 Å². The zero-order valence-corrected chi connectivity index (χ0v) is 11.9. The van der Waals surface area contributed by atoms with Crippen LogP contribution in [-0.4, -0.2) is 26.7 Å². The Morgan fingerprint density at radius 1 is 1.42 bits per heavy atom. The van der Waals surface area contributed by atoms with Crippen LogP contribution in [0, 0.1) is 0 Å². The summed E-state index contributed by atoms with van der Waals surface area (Å²) in [4.78, 5) is 4.14. The number of oxazole rings is 1. The molecule has 19 heavy (non-hydrogen) atoms. The Labute approximate surface area is 118 Å². The number of nitrogens with zero attached hydrogens (tertiary/aromatic N) is 1. The van der Waals surface area contributed by atoms with Gasteiger partial charge in [0, 0.05) is 27.1 Å². The van der Waals surface area contributed by atoms with Crippen molar-refractivity contribution in [1.29, 1.82) is 0 Å². The normalized spacial score (nSPS) is 14.3. The van der Waals surface area contributed by atoms with Gasteiger partial charge in [0.2, 0.25) is 5.89 Å². The molecule has 0 saturated carbocycles. The van der Waals surface area contributed by atoms with E-state index in [1.807, 2.05) is 12.1 Å². The van der Waals surface area contributed by atoms with Crippen LogP contribution in [0.4, 0.5) is 0 Å². The fraction of sp³-hybridized carbons (Fsp3) is 0.308. The molecule has 2 aromatic rings. The van der Waals surface area contributed by atoms with Gasteiger partial charge in [-0.25, -0.2) is 4.98 Å². The van der Waals surface area contributed by atoms with Crippen LogP contribution in [-0.2, 0) is 10.8 Å². The number of benzene rings is 1. The lowest BCUT2D eigenvalue weighted by Crippen LogP contribution is -2.09. The molecule has 0 saturated heterocycles. The van der Waals surface area contributed by atoms with Gasteiger partial charge in [-0.15, -0.1) is 0 Å². The van der Waals surface area contributed by atoms with Crippen molar-refractivity contribution in [1.82, 2.24) is 4.98 Å². The number of aliphatic hydroxyl groups excluding tert-OH is 1. The molecule has 0 amide bonds. The fourth-order valence-corrected chi connectivity index (χ4v) is 2.60. The van der Waals surface area contributed by atoms with Crippen LogP contribution < -0.4 is 0 Å². The van der Waals surface area contributed by atoms with E-state index in [-0.39, 0.29) is 17.6 Å². The van der Waals surface area contributed by atoms with Crippen molar-refractivity contribution in [3.8, 4) is 11.3 Å². The molecule has 2 unspecified atom stereocenters. The molecule has 6 heteroatoms. The molecule has 0 aliphatic heterocycles. The summed E-state index contributed by atoms with van der Waals surface area (Å²) in [6, 6.07) is 7.21. The SMILES string of the molecule is CC(c1ncc(-c2ccc(Cl)cc2)o1)S(=O)CCO. The summed E-state index contributed by atoms with van der Waals surface area (Å²) >= 11 is 5.82. The largest absolute Gasteiger partial charge is 0.439 e. The van der Waals surface area contributed by atoms with Crippen LogP contribution in [0.15, 0.2) is 34.9 Å². The Balaban J connectivity index is 2.19. The van der Waals surface area contributed by atoms with Crippen LogP contribution in [0.25, 0.3) is 11.3 Å². The standard InChI is InChI=1S/C13H14ClNO3S/c1-9(19(17)7-6-16)13-15-8-12(18-13)10-2-4-11(14)5-3-10/h2-5,8-9,16H,6-7H2,1H3. The number of hydrogen-bond acceptors (Lipinski definition) is 4. The van der Waals surface area contributed by atoms with Crippen LogP contribution in [0.1, 0.15) is 18.1 Å². The number of aromatic nitrogens is 1. The van der Waals surface area contributed by atoms with Gasteiger partial charge in [0.25, 0.3) is 0 Å². The highest BCUT2D eigenvalue weighted by molar-refractivity contribution is 7.85. The third-order valence-electron chi connectivity index (χ3n) is 2.69. The zero-order chi connectivity index (χ0) is 13.8. The molecule has 0 radical (unpaired) electrons. The molecule has 102 valence electrons. The molecular weight excluding hydrogens is 286 g/mol. The molecule has 0 aliphatic carbocycles. The van der Waals surface area contributed by atoms with Crippen LogP contribution >= 0.6 is 11.6 Å². The summed E-state index contributed by atoms with van der Waals surface area (Å²) in [7, 11) is -1.19. The minimum atomic E-state index is -1.19. The van der Waals surface area contributed by atoms with Crippen molar-refractivity contribution in [2.45, 2.75) is 12.2 Å². The van der Waals surface area contributed by atoms with Gasteiger partial charge in [-0.2, -0.15) is 0 Å². The highest BCUT2D eigenvalue weighted by Gasteiger charge is 2.19. The van der Waals surface area contributed by atoms with Crippen LogP contribution in [0.3, 0.4) is 0 Å². The number of hydrogen-bond donors (Lipinski definition) is 1. The topological polar surface area (TPSA) is 63.3 Å². The maximum atomic E-state index is 11.8. The minimum Gasteiger partial charge on any atom is -0.439 e. The van der Waals surface area contributed by atoms with E-state index < -0.39 is 10.8 Å². The monoisotopic (exact) mass is 299 g/mol. The predicted molar refractivity (Wildman–Crippen MR) is 75.5 cm³/mol. The smallest absolute Gasteiger partial charge is 0.210 e. The summed E-state index contributed by atoms with van der Waals surface area (Å²) in [5.74, 6) is 1.25. The second-order valence-electron chi connectivity index (χ2n) is 4.02. The van der Waals surface area contributed by atoms with E-state index in [1.165, 1.54) is 0 Å². The van der Waals surface area contributed by atoms with Crippen LogP contribution in [0.2, 0.25) is 5.02 Å². The van der Waals surface area contributed by atoms with Crippen molar-refractivity contribution in [2.75, 3.05) is 12.4 Å². The highest BCUT2D eigenvalue weighted by atomic mass is 35.5. The summed E-state index contributed by atoms with van der Waals surface area (Å²) in [6.07, 6.45) is 1.60. The van der Waals surface area contributed by atoms with Gasteiger partial charge in [-0.1, -0.05) is 11.6 Å². The van der Waals surface area contributed by atoms with E-state index in [1.54, 1.807) is 25.3 Å². The van der Waals surface area contributed by atoms with Gasteiger partial charge >= 0.3 is 0 Å². The lowest BCUT2D eigenvalue weighted by Gasteiger charge is -2.05. The van der Waals surface area contributed by atoms with Gasteiger partial charge in [-0.3, -0.25) is 4.21 Å². The second-order valence-corrected chi connectivity index (χ2v) is 6.33. The van der Waals surface area contributed by atoms with E-state index in [2.05, 4.69) is 4.98 Å². The van der Waals surface area contributed by atoms with Crippen molar-refractivity contribution in [3.05, 3.63) is 41.4 Å². The minimum absolute atomic E-state index is 0.109. The Hall–Kier alpha value is -1.17. The molecule has 1 aromatic carbocycles. The molecule has 0 spiro atoms. The van der Waals surface area contributed by atoms with Crippen LogP contribution in [0.5, 0.6) is 0 Å². The lowest BCUT2D eigenvalue weighted by atomic mass is 10.2. The predicted octanol–water partition coefficient (Wildman–Crippen LogP) is 2.80. The maximum Gasteiger partial charge on any atom is 0.210 e. The van der Waals surface area contributed by atoms with Gasteiger partial charge in [0.15, 0.2) is 5.76 Å². The van der Waals surface area contributed by atoms with Crippen molar-refractivity contribution >= 4 is 22.4 Å². The molecule has 2 rings (SSSR count). The number of rotatable bonds is 5. The summed E-state index contributed by atoms with van der Waals surface area (Å²) in [6.45, 7) is 1.66. The van der Waals surface area contributed by atoms with Gasteiger partial charge in [0.1, 0.15) is 5.25 Å². The average Bonchev–Trinajstić information content (AvgIpc) is 2.88. The number of aliphatic hydroxyl groups is 1. The molecule has 0 aliphatic rings. The van der Waals surface area contributed by atoms with Crippen molar-refractivity contribution < 1.29 is 13.7 Å². The summed E-state index contributed by atoms with van der Waals surface area (Å²) < 4.78 is 17.4. The average molecular weight is 300 g/mol. The van der Waals surface area contributed by atoms with Gasteiger partial charge < -0.3 is 9.52 Å². The molecule has 1 N–H and O–H groups in total. The first-order valence-corrected chi connectivity index (χ1v) is 7.57. The first kappa shape index (κ1) is 14.2. The maximum absolute atomic E-state index is 11.8. The number of halogens is 1. The Bertz CT molecular complexity index is 568. The Kier molecular flexibility index (Phi) is 4.74. The third-order valence-corrected chi connectivity index (χ3v) is 4.51. The molecule has 0 fully saturated rings. The summed E-state index contributed by atoms with van der Waals surface area (Å²) in [5, 5.41) is 9.10. The second kappa shape index (κ2) is 6.32. The molecule has 1 heterocycles. The van der Waals surface area contributed by atoms with Crippen molar-refractivity contribution in [3.63, 3.8) is 0 Å². The first-order chi connectivity index (χ1) is 9.11. The van der Waals surface area contributed by atoms with Gasteiger partial charge in [-0.05, 0) is 31.2 Å². The van der Waals surface area contributed by atoms with E-state index in [0.717, 1.165) is 5.56 Å². The van der Waals surface area contributed by atoms with E-state index in [4.69, 9.17) is 21.1 Å². The molecule has 1 aromatic heterocycles.